The number of piperazine rings is 1. The van der Waals surface area contributed by atoms with Crippen molar-refractivity contribution in [1.29, 1.82) is 0 Å². The first kappa shape index (κ1) is 20.2. The monoisotopic (exact) mass is 414 g/mol. The number of anilines is 1. The predicted molar refractivity (Wildman–Crippen MR) is 108 cm³/mol. The van der Waals surface area contributed by atoms with Crippen LogP contribution in [0, 0.1) is 5.82 Å². The zero-order chi connectivity index (χ0) is 21.1. The number of benzene rings is 2. The molecule has 0 bridgehead atoms. The summed E-state index contributed by atoms with van der Waals surface area (Å²) in [5.74, 6) is 0.668. The predicted octanol–water partition coefficient (Wildman–Crippen LogP) is 0.720. The number of carbonyl (C=O) groups excluding carboxylic acids is 2. The molecular weight excluding hydrogens is 389 g/mol. The summed E-state index contributed by atoms with van der Waals surface area (Å²) in [6.07, 6.45) is -0.652. The topological polar surface area (TPSA) is 72.3 Å². The molecular formula is C22H25FN3O4+. The van der Waals surface area contributed by atoms with E-state index in [4.69, 9.17) is 9.47 Å². The van der Waals surface area contributed by atoms with E-state index >= 15 is 0 Å². The molecule has 0 aliphatic carbocycles. The van der Waals surface area contributed by atoms with E-state index in [0.29, 0.717) is 43.4 Å². The van der Waals surface area contributed by atoms with Gasteiger partial charge in [0.15, 0.2) is 17.5 Å². The average molecular weight is 414 g/mol. The normalized spacial score (nSPS) is 19.8. The van der Waals surface area contributed by atoms with Crippen LogP contribution in [0.4, 0.5) is 10.1 Å². The molecule has 2 N–H and O–H groups in total. The lowest BCUT2D eigenvalue weighted by Gasteiger charge is -2.36. The van der Waals surface area contributed by atoms with Crippen LogP contribution in [0.15, 0.2) is 48.5 Å². The van der Waals surface area contributed by atoms with E-state index in [-0.39, 0.29) is 30.3 Å². The van der Waals surface area contributed by atoms with Gasteiger partial charge in [-0.05, 0) is 43.3 Å². The standard InChI is InChI=1S/C22H24FN3O4/c1-15(21(27)24-17-8-6-16(23)7-9-17)25-10-12-26(13-11-25)22(28)20-14-29-18-4-2-3-5-19(18)30-20/h2-9,15,20H,10-14H2,1H3,(H,24,27)/p+1/t15-,20-/m0/s1. The number of quaternary nitrogens is 1. The Morgan fingerprint density at radius 2 is 1.77 bits per heavy atom. The van der Waals surface area contributed by atoms with Gasteiger partial charge in [0, 0.05) is 5.69 Å². The van der Waals surface area contributed by atoms with Gasteiger partial charge < -0.3 is 24.6 Å². The Bertz CT molecular complexity index is 913. The number of hydrogen-bond donors (Lipinski definition) is 2. The Balaban J connectivity index is 1.28. The molecule has 30 heavy (non-hydrogen) atoms. The molecule has 2 amide bonds. The number of nitrogens with one attached hydrogen (secondary N) is 2. The summed E-state index contributed by atoms with van der Waals surface area (Å²) in [6, 6.07) is 12.7. The molecule has 1 fully saturated rings. The van der Waals surface area contributed by atoms with Gasteiger partial charge in [0.05, 0.1) is 26.2 Å². The number of amides is 2. The molecule has 0 spiro atoms. The molecule has 0 radical (unpaired) electrons. The maximum Gasteiger partial charge on any atom is 0.282 e. The van der Waals surface area contributed by atoms with Crippen LogP contribution in [0.2, 0.25) is 0 Å². The molecule has 0 aromatic heterocycles. The summed E-state index contributed by atoms with van der Waals surface area (Å²) in [4.78, 5) is 28.3. The minimum Gasteiger partial charge on any atom is -0.485 e. The highest BCUT2D eigenvalue weighted by Gasteiger charge is 2.35. The van der Waals surface area contributed by atoms with Crippen LogP contribution in [0.25, 0.3) is 0 Å². The number of rotatable bonds is 4. The van der Waals surface area contributed by atoms with Crippen molar-refractivity contribution in [3.8, 4) is 11.5 Å². The van der Waals surface area contributed by atoms with Gasteiger partial charge in [-0.2, -0.15) is 0 Å². The summed E-state index contributed by atoms with van der Waals surface area (Å²) in [7, 11) is 0. The van der Waals surface area contributed by atoms with E-state index in [2.05, 4.69) is 5.32 Å². The largest absolute Gasteiger partial charge is 0.485 e. The lowest BCUT2D eigenvalue weighted by atomic mass is 10.2. The second kappa shape index (κ2) is 8.71. The van der Waals surface area contributed by atoms with Gasteiger partial charge in [-0.1, -0.05) is 12.1 Å². The van der Waals surface area contributed by atoms with Crippen LogP contribution in [-0.2, 0) is 9.59 Å². The molecule has 2 aromatic rings. The van der Waals surface area contributed by atoms with Crippen molar-refractivity contribution in [2.45, 2.75) is 19.1 Å². The van der Waals surface area contributed by atoms with Gasteiger partial charge >= 0.3 is 0 Å². The van der Waals surface area contributed by atoms with Crippen molar-refractivity contribution in [1.82, 2.24) is 4.90 Å². The molecule has 158 valence electrons. The van der Waals surface area contributed by atoms with E-state index in [9.17, 15) is 14.0 Å². The van der Waals surface area contributed by atoms with Gasteiger partial charge in [0.1, 0.15) is 12.4 Å². The Kier molecular flexibility index (Phi) is 5.85. The maximum absolute atomic E-state index is 13.0. The van der Waals surface area contributed by atoms with Crippen LogP contribution in [0.1, 0.15) is 6.92 Å². The van der Waals surface area contributed by atoms with Crippen molar-refractivity contribution in [3.05, 3.63) is 54.3 Å². The number of hydrogen-bond acceptors (Lipinski definition) is 4. The lowest BCUT2D eigenvalue weighted by Crippen LogP contribution is -3.19. The van der Waals surface area contributed by atoms with Crippen molar-refractivity contribution in [2.24, 2.45) is 0 Å². The number of fused-ring (bicyclic) bond motifs is 1. The Labute approximate surface area is 174 Å². The number of ether oxygens (including phenoxy) is 2. The minimum absolute atomic E-state index is 0.0908. The summed E-state index contributed by atoms with van der Waals surface area (Å²) in [5.41, 5.74) is 0.566. The molecule has 1 saturated heterocycles. The number of nitrogens with zero attached hydrogens (tertiary/aromatic N) is 1. The lowest BCUT2D eigenvalue weighted by molar-refractivity contribution is -0.917. The first-order valence-electron chi connectivity index (χ1n) is 10.1. The third kappa shape index (κ3) is 4.38. The zero-order valence-electron chi connectivity index (χ0n) is 16.8. The van der Waals surface area contributed by atoms with E-state index in [1.807, 2.05) is 25.1 Å². The summed E-state index contributed by atoms with van der Waals surface area (Å²) in [6.45, 7) is 4.47. The van der Waals surface area contributed by atoms with Crippen LogP contribution >= 0.6 is 0 Å². The van der Waals surface area contributed by atoms with E-state index < -0.39 is 6.10 Å². The van der Waals surface area contributed by atoms with Crippen molar-refractivity contribution >= 4 is 17.5 Å². The summed E-state index contributed by atoms with van der Waals surface area (Å²) >= 11 is 0. The Morgan fingerprint density at radius 1 is 1.10 bits per heavy atom. The third-order valence-electron chi connectivity index (χ3n) is 5.62. The third-order valence-corrected chi connectivity index (χ3v) is 5.62. The fourth-order valence-electron chi connectivity index (χ4n) is 3.76. The molecule has 0 unspecified atom stereocenters. The molecule has 2 aromatic carbocycles. The maximum atomic E-state index is 13.0. The second-order valence-electron chi connectivity index (χ2n) is 7.57. The molecule has 2 aliphatic heterocycles. The van der Waals surface area contributed by atoms with Gasteiger partial charge in [-0.25, -0.2) is 4.39 Å². The molecule has 4 rings (SSSR count). The number of para-hydroxylation sites is 2. The fourth-order valence-corrected chi connectivity index (χ4v) is 3.76. The molecule has 7 nitrogen and oxygen atoms in total. The van der Waals surface area contributed by atoms with Crippen molar-refractivity contribution < 1.29 is 28.4 Å². The highest BCUT2D eigenvalue weighted by molar-refractivity contribution is 5.93. The highest BCUT2D eigenvalue weighted by Crippen LogP contribution is 2.31. The van der Waals surface area contributed by atoms with Gasteiger partial charge in [0.2, 0.25) is 6.10 Å². The molecule has 2 heterocycles. The van der Waals surface area contributed by atoms with Crippen LogP contribution in [0.3, 0.4) is 0 Å². The number of carbonyl (C=O) groups is 2. The summed E-state index contributed by atoms with van der Waals surface area (Å²) < 4.78 is 24.5. The van der Waals surface area contributed by atoms with Crippen molar-refractivity contribution in [3.63, 3.8) is 0 Å². The molecule has 2 atom stereocenters. The Morgan fingerprint density at radius 3 is 2.47 bits per heavy atom. The first-order valence-corrected chi connectivity index (χ1v) is 10.1. The van der Waals surface area contributed by atoms with Crippen LogP contribution in [0.5, 0.6) is 11.5 Å². The van der Waals surface area contributed by atoms with E-state index in [1.165, 1.54) is 24.3 Å². The average Bonchev–Trinajstić information content (AvgIpc) is 2.79. The first-order chi connectivity index (χ1) is 14.5. The Hall–Kier alpha value is -3.13. The van der Waals surface area contributed by atoms with Crippen LogP contribution < -0.4 is 19.7 Å². The van der Waals surface area contributed by atoms with Gasteiger partial charge in [0.25, 0.3) is 11.8 Å². The van der Waals surface area contributed by atoms with Gasteiger partial charge in [-0.15, -0.1) is 0 Å². The SMILES string of the molecule is C[C@@H](C(=O)Nc1ccc(F)cc1)[NH+]1CCN(C(=O)[C@@H]2COc3ccccc3O2)CC1. The van der Waals surface area contributed by atoms with Crippen LogP contribution in [-0.4, -0.2) is 61.6 Å². The minimum atomic E-state index is -0.652. The zero-order valence-corrected chi connectivity index (χ0v) is 16.8. The van der Waals surface area contributed by atoms with E-state index in [0.717, 1.165) is 4.90 Å². The van der Waals surface area contributed by atoms with E-state index in [1.54, 1.807) is 11.0 Å². The van der Waals surface area contributed by atoms with Crippen molar-refractivity contribution in [2.75, 3.05) is 38.1 Å². The smallest absolute Gasteiger partial charge is 0.282 e. The second-order valence-corrected chi connectivity index (χ2v) is 7.57. The molecule has 2 aliphatic rings. The summed E-state index contributed by atoms with van der Waals surface area (Å²) in [5, 5.41) is 2.82. The quantitative estimate of drug-likeness (QED) is 0.774. The highest BCUT2D eigenvalue weighted by atomic mass is 19.1. The molecule has 0 saturated carbocycles. The van der Waals surface area contributed by atoms with Gasteiger partial charge in [-0.3, -0.25) is 9.59 Å². The number of halogens is 1. The molecule has 8 heteroatoms. The fraction of sp³-hybridized carbons (Fsp3) is 0.364.